The minimum absolute atomic E-state index is 0.00989. The van der Waals surface area contributed by atoms with Crippen LogP contribution >= 0.6 is 0 Å². The van der Waals surface area contributed by atoms with Crippen LogP contribution in [-0.2, 0) is 14.8 Å². The number of benzene rings is 1. The molecule has 0 aliphatic heterocycles. The van der Waals surface area contributed by atoms with Gasteiger partial charge in [-0.1, -0.05) is 30.3 Å². The van der Waals surface area contributed by atoms with E-state index in [1.54, 1.807) is 16.9 Å². The molecule has 0 aliphatic rings. The Morgan fingerprint density at radius 2 is 1.93 bits per heavy atom. The average molecular weight is 402 g/mol. The van der Waals surface area contributed by atoms with E-state index < -0.39 is 10.0 Å². The molecule has 3 aromatic rings. The van der Waals surface area contributed by atoms with Gasteiger partial charge in [0.05, 0.1) is 43.2 Å². The van der Waals surface area contributed by atoms with E-state index >= 15 is 0 Å². The van der Waals surface area contributed by atoms with E-state index in [0.717, 1.165) is 22.6 Å². The lowest BCUT2D eigenvalue weighted by Crippen LogP contribution is -2.21. The number of pyridine rings is 1. The van der Waals surface area contributed by atoms with Gasteiger partial charge in [-0.15, -0.1) is 5.10 Å². The smallest absolute Gasteiger partial charge is 0.236 e. The van der Waals surface area contributed by atoms with Gasteiger partial charge in [0.25, 0.3) is 0 Å². The first-order valence-corrected chi connectivity index (χ1v) is 10.4. The monoisotopic (exact) mass is 402 g/mol. The van der Waals surface area contributed by atoms with Crippen molar-refractivity contribution in [3.8, 4) is 16.9 Å². The number of rotatable bonds is 9. The van der Waals surface area contributed by atoms with Crippen molar-refractivity contribution in [2.75, 3.05) is 30.3 Å². The highest BCUT2D eigenvalue weighted by molar-refractivity contribution is 7.92. The number of hydrogen-bond donors (Lipinski definition) is 2. The summed E-state index contributed by atoms with van der Waals surface area (Å²) >= 11 is 0. The Hall–Kier alpha value is -2.75. The summed E-state index contributed by atoms with van der Waals surface area (Å²) in [6.07, 6.45) is 1.69. The number of aliphatic hydroxyl groups is 1. The second-order valence-corrected chi connectivity index (χ2v) is 7.95. The van der Waals surface area contributed by atoms with E-state index in [-0.39, 0.29) is 31.4 Å². The van der Waals surface area contributed by atoms with Crippen molar-refractivity contribution in [3.05, 3.63) is 60.4 Å². The van der Waals surface area contributed by atoms with Crippen molar-refractivity contribution in [1.29, 1.82) is 0 Å². The molecule has 0 radical (unpaired) electrons. The highest BCUT2D eigenvalue weighted by Crippen LogP contribution is 2.26. The van der Waals surface area contributed by atoms with E-state index in [9.17, 15) is 8.42 Å². The second-order valence-electron chi connectivity index (χ2n) is 6.11. The number of nitrogens with zero attached hydrogens (tertiary/aromatic N) is 3. The van der Waals surface area contributed by atoms with Crippen LogP contribution in [0.25, 0.3) is 16.9 Å². The fourth-order valence-corrected chi connectivity index (χ4v) is 3.43. The first-order chi connectivity index (χ1) is 13.5. The quantitative estimate of drug-likeness (QED) is 0.530. The predicted molar refractivity (Wildman–Crippen MR) is 107 cm³/mol. The van der Waals surface area contributed by atoms with Crippen LogP contribution < -0.4 is 4.72 Å². The summed E-state index contributed by atoms with van der Waals surface area (Å²) in [7, 11) is -3.64. The fourth-order valence-electron chi connectivity index (χ4n) is 2.57. The molecular formula is C19H22N4O4S. The Labute approximate surface area is 163 Å². The maximum absolute atomic E-state index is 12.3. The van der Waals surface area contributed by atoms with Gasteiger partial charge in [0.15, 0.2) is 5.82 Å². The van der Waals surface area contributed by atoms with E-state index in [4.69, 9.17) is 9.84 Å². The normalized spacial score (nSPS) is 11.5. The van der Waals surface area contributed by atoms with Gasteiger partial charge in [0.2, 0.25) is 10.0 Å². The van der Waals surface area contributed by atoms with E-state index in [1.807, 2.05) is 49.4 Å². The first-order valence-electron chi connectivity index (χ1n) is 8.76. The Morgan fingerprint density at radius 1 is 1.14 bits per heavy atom. The largest absolute Gasteiger partial charge is 0.394 e. The van der Waals surface area contributed by atoms with Gasteiger partial charge in [0.1, 0.15) is 0 Å². The Morgan fingerprint density at radius 3 is 2.61 bits per heavy atom. The van der Waals surface area contributed by atoms with Crippen molar-refractivity contribution in [2.24, 2.45) is 0 Å². The molecule has 28 heavy (non-hydrogen) atoms. The molecule has 2 aromatic heterocycles. The summed E-state index contributed by atoms with van der Waals surface area (Å²) in [5, 5.41) is 13.1. The van der Waals surface area contributed by atoms with E-state index in [2.05, 4.69) is 14.8 Å². The Kier molecular flexibility index (Phi) is 6.40. The van der Waals surface area contributed by atoms with Gasteiger partial charge in [-0.3, -0.25) is 9.71 Å². The highest BCUT2D eigenvalue weighted by atomic mass is 32.2. The van der Waals surface area contributed by atoms with Crippen LogP contribution in [0.1, 0.15) is 5.69 Å². The molecule has 0 bridgehead atoms. The lowest BCUT2D eigenvalue weighted by Gasteiger charge is -2.07. The first kappa shape index (κ1) is 20.0. The van der Waals surface area contributed by atoms with Gasteiger partial charge in [-0.25, -0.2) is 13.1 Å². The van der Waals surface area contributed by atoms with Crippen LogP contribution in [0.2, 0.25) is 0 Å². The summed E-state index contributed by atoms with van der Waals surface area (Å²) in [5.41, 5.74) is 3.23. The molecule has 0 saturated carbocycles. The number of hydrogen-bond acceptors (Lipinski definition) is 6. The molecule has 0 saturated heterocycles. The average Bonchev–Trinajstić information content (AvgIpc) is 3.09. The van der Waals surface area contributed by atoms with Crippen LogP contribution in [0.3, 0.4) is 0 Å². The number of anilines is 1. The number of nitrogens with one attached hydrogen (secondary N) is 1. The van der Waals surface area contributed by atoms with Crippen LogP contribution in [0, 0.1) is 6.92 Å². The lowest BCUT2D eigenvalue weighted by atomic mass is 10.1. The fraction of sp³-hybridized carbons (Fsp3) is 0.263. The molecule has 2 N–H and O–H groups in total. The van der Waals surface area contributed by atoms with Crippen molar-refractivity contribution in [1.82, 2.24) is 14.8 Å². The third-order valence-corrected chi connectivity index (χ3v) is 5.14. The molecule has 0 spiro atoms. The van der Waals surface area contributed by atoms with Gasteiger partial charge in [-0.05, 0) is 19.1 Å². The number of ether oxygens (including phenoxy) is 1. The summed E-state index contributed by atoms with van der Waals surface area (Å²) in [4.78, 5) is 4.30. The van der Waals surface area contributed by atoms with Gasteiger partial charge in [0, 0.05) is 17.3 Å². The Bertz CT molecular complexity index is 1000. The topological polar surface area (TPSA) is 106 Å². The molecular weight excluding hydrogens is 380 g/mol. The van der Waals surface area contributed by atoms with E-state index in [0.29, 0.717) is 0 Å². The van der Waals surface area contributed by atoms with E-state index in [1.165, 1.54) is 0 Å². The number of aliphatic hydroxyl groups excluding tert-OH is 1. The van der Waals surface area contributed by atoms with Crippen LogP contribution in [0.5, 0.6) is 0 Å². The van der Waals surface area contributed by atoms with Crippen molar-refractivity contribution < 1.29 is 18.3 Å². The predicted octanol–water partition coefficient (Wildman–Crippen LogP) is 1.99. The summed E-state index contributed by atoms with van der Waals surface area (Å²) in [5.74, 6) is -0.0197. The minimum Gasteiger partial charge on any atom is -0.394 e. The molecule has 0 amide bonds. The maximum atomic E-state index is 12.3. The Balaban J connectivity index is 1.90. The zero-order chi connectivity index (χ0) is 20.0. The molecule has 0 fully saturated rings. The second kappa shape index (κ2) is 8.96. The maximum Gasteiger partial charge on any atom is 0.236 e. The molecule has 1 aromatic carbocycles. The zero-order valence-corrected chi connectivity index (χ0v) is 16.3. The molecule has 2 heterocycles. The standard InChI is InChI=1S/C19H22N4O4S/c1-15-7-8-17(14-20-15)23-18(16-5-3-2-4-6-16)13-19(21-23)22-28(25,26)12-11-27-10-9-24/h2-8,13-14,24H,9-12H2,1H3,(H,21,22). The summed E-state index contributed by atoms with van der Waals surface area (Å²) in [6, 6.07) is 15.0. The molecule has 0 aliphatic carbocycles. The van der Waals surface area contributed by atoms with Crippen LogP contribution in [-0.4, -0.2) is 53.9 Å². The SMILES string of the molecule is Cc1ccc(-n2nc(NS(=O)(=O)CCOCCO)cc2-c2ccccc2)cn1. The lowest BCUT2D eigenvalue weighted by molar-refractivity contribution is 0.103. The number of aromatic nitrogens is 3. The van der Waals surface area contributed by atoms with Crippen LogP contribution in [0.15, 0.2) is 54.7 Å². The highest BCUT2D eigenvalue weighted by Gasteiger charge is 2.17. The molecule has 8 nitrogen and oxygen atoms in total. The summed E-state index contributed by atoms with van der Waals surface area (Å²) < 4.78 is 33.7. The van der Waals surface area contributed by atoms with Crippen molar-refractivity contribution >= 4 is 15.8 Å². The van der Waals surface area contributed by atoms with Crippen molar-refractivity contribution in [3.63, 3.8) is 0 Å². The zero-order valence-electron chi connectivity index (χ0n) is 15.4. The number of sulfonamides is 1. The van der Waals surface area contributed by atoms with Gasteiger partial charge >= 0.3 is 0 Å². The molecule has 148 valence electrons. The van der Waals surface area contributed by atoms with Crippen molar-refractivity contribution in [2.45, 2.75) is 6.92 Å². The minimum atomic E-state index is -3.64. The molecule has 0 unspecified atom stereocenters. The third-order valence-electron chi connectivity index (χ3n) is 3.91. The van der Waals surface area contributed by atoms with Gasteiger partial charge in [-0.2, -0.15) is 0 Å². The van der Waals surface area contributed by atoms with Crippen LogP contribution in [0.4, 0.5) is 5.82 Å². The van der Waals surface area contributed by atoms with Gasteiger partial charge < -0.3 is 9.84 Å². The number of aryl methyl sites for hydroxylation is 1. The summed E-state index contributed by atoms with van der Waals surface area (Å²) in [6.45, 7) is 1.83. The molecule has 3 rings (SSSR count). The third kappa shape index (κ3) is 5.16. The molecule has 9 heteroatoms. The molecule has 0 atom stereocenters.